The van der Waals surface area contributed by atoms with Crippen LogP contribution in [-0.2, 0) is 6.42 Å². The predicted molar refractivity (Wildman–Crippen MR) is 65.0 cm³/mol. The highest BCUT2D eigenvalue weighted by Crippen LogP contribution is 2.49. The first kappa shape index (κ1) is 8.72. The molecule has 2 aromatic carbocycles. The van der Waals surface area contributed by atoms with Gasteiger partial charge in [-0.1, -0.05) is 43.3 Å². The van der Waals surface area contributed by atoms with Gasteiger partial charge in [-0.15, -0.1) is 0 Å². The number of aryl methyl sites for hydroxylation is 1. The van der Waals surface area contributed by atoms with E-state index in [1.165, 1.54) is 33.4 Å². The summed E-state index contributed by atoms with van der Waals surface area (Å²) in [5.74, 6) is 0. The van der Waals surface area contributed by atoms with E-state index in [9.17, 15) is 0 Å². The van der Waals surface area contributed by atoms with Gasteiger partial charge in [-0.25, -0.2) is 0 Å². The maximum absolute atomic E-state index is 2.26. The molecule has 0 radical (unpaired) electrons. The Bertz CT molecular complexity index is 536. The van der Waals surface area contributed by atoms with Crippen LogP contribution in [0.2, 0.25) is 0 Å². The van der Waals surface area contributed by atoms with Crippen LogP contribution in [0.25, 0.3) is 22.3 Å². The van der Waals surface area contributed by atoms with E-state index in [1.54, 1.807) is 0 Å². The molecule has 15 heavy (non-hydrogen) atoms. The summed E-state index contributed by atoms with van der Waals surface area (Å²) in [5, 5.41) is 0. The summed E-state index contributed by atoms with van der Waals surface area (Å²) >= 11 is 0. The van der Waals surface area contributed by atoms with Crippen molar-refractivity contribution in [3.63, 3.8) is 0 Å². The van der Waals surface area contributed by atoms with Crippen LogP contribution in [0.3, 0.4) is 0 Å². The zero-order chi connectivity index (χ0) is 10.4. The van der Waals surface area contributed by atoms with E-state index in [1.807, 2.05) is 0 Å². The maximum Gasteiger partial charge on any atom is -0.00643 e. The third-order valence-electron chi connectivity index (χ3n) is 3.39. The summed E-state index contributed by atoms with van der Waals surface area (Å²) in [7, 11) is 0. The number of benzene rings is 2. The van der Waals surface area contributed by atoms with Crippen LogP contribution in [0, 0.1) is 6.92 Å². The van der Waals surface area contributed by atoms with Crippen molar-refractivity contribution in [3.05, 3.63) is 47.5 Å². The average Bonchev–Trinajstić information content (AvgIpc) is 2.26. The van der Waals surface area contributed by atoms with E-state index in [0.29, 0.717) is 0 Å². The Labute approximate surface area is 90.6 Å². The number of fused-ring (bicyclic) bond motifs is 4. The lowest BCUT2D eigenvalue weighted by atomic mass is 9.76. The first-order valence-electron chi connectivity index (χ1n) is 5.55. The predicted octanol–water partition coefficient (Wildman–Crippen LogP) is 4.20. The Balaban J connectivity index is 2.30. The van der Waals surface area contributed by atoms with Gasteiger partial charge in [-0.2, -0.15) is 0 Å². The molecule has 0 bridgehead atoms. The molecule has 0 fully saturated rings. The molecule has 2 aromatic rings. The van der Waals surface area contributed by atoms with Gasteiger partial charge >= 0.3 is 0 Å². The van der Waals surface area contributed by atoms with E-state index in [4.69, 9.17) is 0 Å². The molecule has 0 saturated heterocycles. The second-order valence-electron chi connectivity index (χ2n) is 4.18. The van der Waals surface area contributed by atoms with E-state index in [0.717, 1.165) is 6.42 Å². The van der Waals surface area contributed by atoms with Crippen LogP contribution in [0.5, 0.6) is 0 Å². The first-order chi connectivity index (χ1) is 7.33. The van der Waals surface area contributed by atoms with Crippen molar-refractivity contribution >= 4 is 0 Å². The molecule has 0 unspecified atom stereocenters. The van der Waals surface area contributed by atoms with E-state index in [2.05, 4.69) is 50.2 Å². The molecule has 0 heteroatoms. The third kappa shape index (κ3) is 1.02. The lowest BCUT2D eigenvalue weighted by molar-refractivity contribution is 1.11. The van der Waals surface area contributed by atoms with E-state index < -0.39 is 0 Å². The van der Waals surface area contributed by atoms with Gasteiger partial charge in [0.2, 0.25) is 0 Å². The second kappa shape index (κ2) is 2.96. The van der Waals surface area contributed by atoms with Crippen LogP contribution >= 0.6 is 0 Å². The highest BCUT2D eigenvalue weighted by molar-refractivity contribution is 6.04. The molecule has 74 valence electrons. The van der Waals surface area contributed by atoms with Gasteiger partial charge in [0.25, 0.3) is 0 Å². The smallest absolute Gasteiger partial charge is 0.00643 e. The van der Waals surface area contributed by atoms with Crippen molar-refractivity contribution in [3.8, 4) is 22.3 Å². The Morgan fingerprint density at radius 3 is 2.33 bits per heavy atom. The maximum atomic E-state index is 2.26. The van der Waals surface area contributed by atoms with E-state index in [-0.39, 0.29) is 0 Å². The third-order valence-corrected chi connectivity index (χ3v) is 3.39. The minimum atomic E-state index is 1.13. The highest BCUT2D eigenvalue weighted by Gasteiger charge is 2.24. The normalized spacial score (nSPS) is 11.6. The monoisotopic (exact) mass is 194 g/mol. The van der Waals surface area contributed by atoms with Gasteiger partial charge in [0.15, 0.2) is 0 Å². The van der Waals surface area contributed by atoms with Crippen molar-refractivity contribution in [2.24, 2.45) is 0 Å². The van der Waals surface area contributed by atoms with Gasteiger partial charge in [0.05, 0.1) is 0 Å². The van der Waals surface area contributed by atoms with Gasteiger partial charge < -0.3 is 0 Å². The van der Waals surface area contributed by atoms with Crippen molar-refractivity contribution in [1.82, 2.24) is 0 Å². The minimum absolute atomic E-state index is 1.13. The molecule has 0 aromatic heterocycles. The molecule has 0 atom stereocenters. The molecule has 0 nitrogen and oxygen atoms in total. The second-order valence-corrected chi connectivity index (χ2v) is 4.18. The Hall–Kier alpha value is -1.56. The lowest BCUT2D eigenvalue weighted by Gasteiger charge is -2.27. The molecule has 0 aliphatic heterocycles. The van der Waals surface area contributed by atoms with Crippen LogP contribution in [0.4, 0.5) is 0 Å². The summed E-state index contributed by atoms with van der Waals surface area (Å²) in [6.07, 6.45) is 1.13. The van der Waals surface area contributed by atoms with Crippen molar-refractivity contribution < 1.29 is 0 Å². The Morgan fingerprint density at radius 1 is 0.867 bits per heavy atom. The molecule has 0 spiro atoms. The fraction of sp³-hybridized carbons (Fsp3) is 0.200. The Kier molecular flexibility index (Phi) is 1.72. The standard InChI is InChI=1S/C15H14/c1-3-11-10(2)8-9-14-12-6-4-5-7-13(12)15(11)14/h4-9H,3H2,1-2H3. The number of rotatable bonds is 1. The minimum Gasteiger partial charge on any atom is -0.0616 e. The van der Waals surface area contributed by atoms with Gasteiger partial charge in [-0.3, -0.25) is 0 Å². The molecule has 0 heterocycles. The van der Waals surface area contributed by atoms with Crippen LogP contribution in [0.15, 0.2) is 36.4 Å². The fourth-order valence-electron chi connectivity index (χ4n) is 2.61. The van der Waals surface area contributed by atoms with Crippen LogP contribution in [0.1, 0.15) is 18.1 Å². The fourth-order valence-corrected chi connectivity index (χ4v) is 2.61. The molecule has 1 aliphatic rings. The summed E-state index contributed by atoms with van der Waals surface area (Å²) in [5.41, 5.74) is 8.73. The van der Waals surface area contributed by atoms with Crippen LogP contribution < -0.4 is 0 Å². The van der Waals surface area contributed by atoms with Crippen LogP contribution in [-0.4, -0.2) is 0 Å². The molecule has 1 aliphatic carbocycles. The topological polar surface area (TPSA) is 0 Å². The molecule has 3 rings (SSSR count). The quantitative estimate of drug-likeness (QED) is 0.544. The van der Waals surface area contributed by atoms with E-state index >= 15 is 0 Å². The number of hydrogen-bond donors (Lipinski definition) is 0. The van der Waals surface area contributed by atoms with Crippen molar-refractivity contribution in [2.75, 3.05) is 0 Å². The molecular weight excluding hydrogens is 180 g/mol. The summed E-state index contributed by atoms with van der Waals surface area (Å²) < 4.78 is 0. The lowest BCUT2D eigenvalue weighted by Crippen LogP contribution is -2.03. The highest BCUT2D eigenvalue weighted by atomic mass is 14.3. The van der Waals surface area contributed by atoms with Crippen molar-refractivity contribution in [1.29, 1.82) is 0 Å². The zero-order valence-corrected chi connectivity index (χ0v) is 9.17. The van der Waals surface area contributed by atoms with Gasteiger partial charge in [0.1, 0.15) is 0 Å². The van der Waals surface area contributed by atoms with Gasteiger partial charge in [0, 0.05) is 0 Å². The number of hydrogen-bond acceptors (Lipinski definition) is 0. The molecular formula is C15H14. The first-order valence-corrected chi connectivity index (χ1v) is 5.55. The average molecular weight is 194 g/mol. The SMILES string of the molecule is CCc1c(C)ccc2c1-c1ccccc1-2. The zero-order valence-electron chi connectivity index (χ0n) is 9.17. The van der Waals surface area contributed by atoms with Gasteiger partial charge in [-0.05, 0) is 46.7 Å². The Morgan fingerprint density at radius 2 is 1.60 bits per heavy atom. The molecule has 0 amide bonds. The summed E-state index contributed by atoms with van der Waals surface area (Å²) in [6, 6.07) is 13.2. The summed E-state index contributed by atoms with van der Waals surface area (Å²) in [6.45, 7) is 4.45. The molecule has 0 saturated carbocycles. The molecule has 0 N–H and O–H groups in total. The van der Waals surface area contributed by atoms with Crippen molar-refractivity contribution in [2.45, 2.75) is 20.3 Å². The largest absolute Gasteiger partial charge is 0.0616 e. The summed E-state index contributed by atoms with van der Waals surface area (Å²) in [4.78, 5) is 0.